The minimum Gasteiger partial charge on any atom is -0.349 e. The second-order valence-electron chi connectivity index (χ2n) is 4.71. The zero-order chi connectivity index (χ0) is 15.6. The van der Waals surface area contributed by atoms with E-state index in [1.54, 1.807) is 5.06 Å². The monoisotopic (exact) mass is 306 g/mol. The fourth-order valence-corrected chi connectivity index (χ4v) is 2.18. The van der Waals surface area contributed by atoms with Crippen LogP contribution in [0.1, 0.15) is 23.2 Å². The van der Waals surface area contributed by atoms with E-state index in [1.807, 2.05) is 0 Å². The predicted octanol–water partition coefficient (Wildman–Crippen LogP) is 2.00. The van der Waals surface area contributed by atoms with Crippen LogP contribution in [0.5, 0.6) is 0 Å². The van der Waals surface area contributed by atoms with Crippen LogP contribution in [0.15, 0.2) is 6.07 Å². The number of nitrogens with zero attached hydrogens (tertiary/aromatic N) is 1. The number of hydrogen-bond donors (Lipinski definition) is 1. The molecule has 0 aliphatic carbocycles. The van der Waals surface area contributed by atoms with Gasteiger partial charge in [0.05, 0.1) is 12.7 Å². The van der Waals surface area contributed by atoms with E-state index in [0.717, 1.165) is 0 Å². The van der Waals surface area contributed by atoms with Gasteiger partial charge in [0.2, 0.25) is 0 Å². The molecule has 0 atom stereocenters. The molecule has 1 amide bonds. The van der Waals surface area contributed by atoms with Gasteiger partial charge in [0.1, 0.15) is 0 Å². The lowest BCUT2D eigenvalue weighted by molar-refractivity contribution is -0.144. The van der Waals surface area contributed by atoms with Gasteiger partial charge >= 0.3 is 0 Å². The van der Waals surface area contributed by atoms with Gasteiger partial charge in [-0.1, -0.05) is 0 Å². The molecule has 8 heteroatoms. The topological polar surface area (TPSA) is 41.6 Å². The molecule has 0 radical (unpaired) electrons. The number of benzene rings is 1. The minimum atomic E-state index is -1.99. The molecule has 1 aliphatic rings. The fraction of sp³-hybridized carbons (Fsp3) is 0.462. The number of nitrogens with one attached hydrogen (secondary N) is 1. The van der Waals surface area contributed by atoms with Gasteiger partial charge in [-0.15, -0.1) is 0 Å². The zero-order valence-corrected chi connectivity index (χ0v) is 11.3. The van der Waals surface area contributed by atoms with Crippen LogP contribution < -0.4 is 5.32 Å². The number of hydroxylamine groups is 2. The second-order valence-corrected chi connectivity index (χ2v) is 4.71. The Bertz CT molecular complexity index is 545. The molecule has 0 saturated carbocycles. The van der Waals surface area contributed by atoms with E-state index in [2.05, 4.69) is 5.32 Å². The van der Waals surface area contributed by atoms with Crippen molar-refractivity contribution in [2.45, 2.75) is 18.9 Å². The maximum atomic E-state index is 13.5. The smallest absolute Gasteiger partial charge is 0.254 e. The van der Waals surface area contributed by atoms with Gasteiger partial charge in [-0.2, -0.15) is 5.06 Å². The lowest BCUT2D eigenvalue weighted by Crippen LogP contribution is -2.44. The second kappa shape index (κ2) is 6.40. The Morgan fingerprint density at radius 1 is 1.19 bits per heavy atom. The maximum Gasteiger partial charge on any atom is 0.254 e. The minimum absolute atomic E-state index is 0.264. The van der Waals surface area contributed by atoms with Crippen molar-refractivity contribution in [3.8, 4) is 0 Å². The highest BCUT2D eigenvalue weighted by Gasteiger charge is 2.26. The first-order valence-electron chi connectivity index (χ1n) is 6.37. The van der Waals surface area contributed by atoms with Crippen LogP contribution in [0.2, 0.25) is 0 Å². The van der Waals surface area contributed by atoms with E-state index >= 15 is 0 Å². The Labute approximate surface area is 118 Å². The first-order valence-corrected chi connectivity index (χ1v) is 6.37. The Morgan fingerprint density at radius 2 is 1.81 bits per heavy atom. The summed E-state index contributed by atoms with van der Waals surface area (Å²) < 4.78 is 52.5. The molecule has 0 aromatic heterocycles. The Morgan fingerprint density at radius 3 is 2.38 bits per heavy atom. The summed E-state index contributed by atoms with van der Waals surface area (Å²) in [5.74, 6) is -8.19. The number of rotatable bonds is 3. The highest BCUT2D eigenvalue weighted by atomic mass is 19.2. The maximum absolute atomic E-state index is 13.5. The lowest BCUT2D eigenvalue weighted by Gasteiger charge is -2.30. The van der Waals surface area contributed by atoms with Crippen molar-refractivity contribution in [2.75, 3.05) is 20.2 Å². The van der Waals surface area contributed by atoms with Gasteiger partial charge in [0.25, 0.3) is 5.91 Å². The van der Waals surface area contributed by atoms with E-state index < -0.39 is 34.7 Å². The highest BCUT2D eigenvalue weighted by Crippen LogP contribution is 2.19. The van der Waals surface area contributed by atoms with Gasteiger partial charge in [0, 0.05) is 19.1 Å². The Hall–Kier alpha value is -1.67. The summed E-state index contributed by atoms with van der Waals surface area (Å²) in [6, 6.07) is 0.0902. The van der Waals surface area contributed by atoms with Crippen LogP contribution in [-0.2, 0) is 4.84 Å². The molecule has 0 spiro atoms. The molecule has 1 aliphatic heterocycles. The zero-order valence-electron chi connectivity index (χ0n) is 11.3. The van der Waals surface area contributed by atoms with Gasteiger partial charge in [-0.3, -0.25) is 4.79 Å². The van der Waals surface area contributed by atoms with Crippen molar-refractivity contribution in [3.63, 3.8) is 0 Å². The molecule has 1 aromatic carbocycles. The summed E-state index contributed by atoms with van der Waals surface area (Å²) in [4.78, 5) is 16.9. The summed E-state index contributed by atoms with van der Waals surface area (Å²) >= 11 is 0. The number of carbonyl (C=O) groups excluding carboxylic acids is 1. The van der Waals surface area contributed by atoms with E-state index in [-0.39, 0.29) is 6.04 Å². The van der Waals surface area contributed by atoms with Crippen molar-refractivity contribution in [1.29, 1.82) is 0 Å². The van der Waals surface area contributed by atoms with E-state index in [0.29, 0.717) is 32.0 Å². The van der Waals surface area contributed by atoms with Crippen molar-refractivity contribution in [3.05, 3.63) is 34.9 Å². The highest BCUT2D eigenvalue weighted by molar-refractivity contribution is 5.94. The van der Waals surface area contributed by atoms with E-state index in [9.17, 15) is 22.4 Å². The molecular formula is C13H14F4N2O2. The van der Waals surface area contributed by atoms with Gasteiger partial charge in [0.15, 0.2) is 23.3 Å². The molecule has 1 heterocycles. The van der Waals surface area contributed by atoms with Gasteiger partial charge in [-0.05, 0) is 18.9 Å². The standard InChI is InChI=1S/C13H14F4N2O2/c1-21-19-4-2-7(3-5-19)18-13(20)8-6-9(14)11(16)12(17)10(8)15/h6-7H,2-5H2,1H3,(H,18,20). The molecule has 4 nitrogen and oxygen atoms in total. The molecule has 0 bridgehead atoms. The van der Waals surface area contributed by atoms with Crippen LogP contribution in [0.4, 0.5) is 17.6 Å². The summed E-state index contributed by atoms with van der Waals surface area (Å²) in [5.41, 5.74) is -0.847. The number of hydrogen-bond acceptors (Lipinski definition) is 3. The van der Waals surface area contributed by atoms with Crippen LogP contribution in [0.25, 0.3) is 0 Å². The van der Waals surface area contributed by atoms with Crippen LogP contribution in [0, 0.1) is 23.3 Å². The summed E-state index contributed by atoms with van der Waals surface area (Å²) in [7, 11) is 1.53. The average Bonchev–Trinajstić information content (AvgIpc) is 2.49. The Balaban J connectivity index is 2.08. The molecule has 116 valence electrons. The van der Waals surface area contributed by atoms with Crippen molar-refractivity contribution >= 4 is 5.91 Å². The van der Waals surface area contributed by atoms with Gasteiger partial charge < -0.3 is 10.2 Å². The summed E-state index contributed by atoms with van der Waals surface area (Å²) in [6.45, 7) is 1.13. The molecular weight excluding hydrogens is 292 g/mol. The van der Waals surface area contributed by atoms with Crippen molar-refractivity contribution < 1.29 is 27.2 Å². The third kappa shape index (κ3) is 3.33. The van der Waals surface area contributed by atoms with Crippen molar-refractivity contribution in [2.24, 2.45) is 0 Å². The molecule has 1 N–H and O–H groups in total. The third-order valence-corrected chi connectivity index (χ3v) is 3.39. The number of halogens is 4. The lowest BCUT2D eigenvalue weighted by atomic mass is 10.1. The molecule has 1 aromatic rings. The van der Waals surface area contributed by atoms with Crippen LogP contribution in [-0.4, -0.2) is 37.2 Å². The van der Waals surface area contributed by atoms with Gasteiger partial charge in [-0.25, -0.2) is 17.6 Å². The third-order valence-electron chi connectivity index (χ3n) is 3.39. The first kappa shape index (κ1) is 15.7. The fourth-order valence-electron chi connectivity index (χ4n) is 2.18. The predicted molar refractivity (Wildman–Crippen MR) is 65.3 cm³/mol. The number of carbonyl (C=O) groups is 1. The van der Waals surface area contributed by atoms with Crippen LogP contribution >= 0.6 is 0 Å². The Kier molecular flexibility index (Phi) is 4.79. The van der Waals surface area contributed by atoms with E-state index in [4.69, 9.17) is 4.84 Å². The molecule has 1 fully saturated rings. The van der Waals surface area contributed by atoms with Crippen LogP contribution in [0.3, 0.4) is 0 Å². The first-order chi connectivity index (χ1) is 9.93. The molecule has 1 saturated heterocycles. The SMILES string of the molecule is CON1CCC(NC(=O)c2cc(F)c(F)c(F)c2F)CC1. The molecule has 2 rings (SSSR count). The number of amides is 1. The van der Waals surface area contributed by atoms with E-state index in [1.165, 1.54) is 7.11 Å². The largest absolute Gasteiger partial charge is 0.349 e. The normalized spacial score (nSPS) is 17.0. The average molecular weight is 306 g/mol. The van der Waals surface area contributed by atoms with Crippen molar-refractivity contribution in [1.82, 2.24) is 10.4 Å². The molecule has 0 unspecified atom stereocenters. The number of piperidine rings is 1. The summed E-state index contributed by atoms with van der Waals surface area (Å²) in [5, 5.41) is 4.17. The quantitative estimate of drug-likeness (QED) is 0.527. The molecule has 21 heavy (non-hydrogen) atoms. The summed E-state index contributed by atoms with van der Waals surface area (Å²) in [6.07, 6.45) is 1.10.